The van der Waals surface area contributed by atoms with Gasteiger partial charge in [0, 0.05) is 5.02 Å². The SMILES string of the molecule is CCSC1=C(c2ccc(OC)cc2)C(=O)N(c2cc(Cl)ccc2OC)C1=O. The van der Waals surface area contributed by atoms with Crippen molar-refractivity contribution in [3.63, 3.8) is 0 Å². The van der Waals surface area contributed by atoms with Crippen LogP contribution in [0.25, 0.3) is 5.57 Å². The van der Waals surface area contributed by atoms with Gasteiger partial charge in [0.25, 0.3) is 11.8 Å². The number of thioether (sulfide) groups is 1. The van der Waals surface area contributed by atoms with Crippen LogP contribution in [0.2, 0.25) is 5.02 Å². The maximum atomic E-state index is 13.2. The lowest BCUT2D eigenvalue weighted by Crippen LogP contribution is -2.31. The number of benzene rings is 2. The first-order valence-corrected chi connectivity index (χ1v) is 9.62. The standard InChI is InChI=1S/C20H18ClNO4S/c1-4-27-18-17(12-5-8-14(25-2)9-6-12)19(23)22(20(18)24)15-11-13(21)7-10-16(15)26-3/h5-11H,4H2,1-3H3. The van der Waals surface area contributed by atoms with Crippen LogP contribution in [0, 0.1) is 0 Å². The normalized spacial score (nSPS) is 14.1. The summed E-state index contributed by atoms with van der Waals surface area (Å²) in [6.07, 6.45) is 0. The predicted molar refractivity (Wildman–Crippen MR) is 109 cm³/mol. The molecule has 140 valence electrons. The molecule has 2 aromatic carbocycles. The average molecular weight is 404 g/mol. The van der Waals surface area contributed by atoms with Crippen molar-refractivity contribution >= 4 is 46.4 Å². The molecule has 0 saturated carbocycles. The summed E-state index contributed by atoms with van der Waals surface area (Å²) in [5, 5.41) is 0.411. The first kappa shape index (κ1) is 19.3. The highest BCUT2D eigenvalue weighted by Crippen LogP contribution is 2.42. The van der Waals surface area contributed by atoms with Gasteiger partial charge in [-0.05, 0) is 41.6 Å². The lowest BCUT2D eigenvalue weighted by atomic mass is 10.1. The van der Waals surface area contributed by atoms with Gasteiger partial charge in [-0.2, -0.15) is 0 Å². The Kier molecular flexibility index (Phi) is 5.77. The predicted octanol–water partition coefficient (Wildman–Crippen LogP) is 4.39. The lowest BCUT2D eigenvalue weighted by molar-refractivity contribution is -0.119. The van der Waals surface area contributed by atoms with Gasteiger partial charge in [-0.15, -0.1) is 11.8 Å². The van der Waals surface area contributed by atoms with Crippen molar-refractivity contribution in [3.8, 4) is 11.5 Å². The van der Waals surface area contributed by atoms with Crippen molar-refractivity contribution in [1.29, 1.82) is 0 Å². The van der Waals surface area contributed by atoms with Crippen LogP contribution in [0.1, 0.15) is 12.5 Å². The van der Waals surface area contributed by atoms with E-state index in [4.69, 9.17) is 21.1 Å². The maximum Gasteiger partial charge on any atom is 0.272 e. The third-order valence-electron chi connectivity index (χ3n) is 4.09. The molecule has 0 aliphatic carbocycles. The number of carbonyl (C=O) groups is 2. The van der Waals surface area contributed by atoms with Crippen LogP contribution < -0.4 is 14.4 Å². The quantitative estimate of drug-likeness (QED) is 0.669. The highest BCUT2D eigenvalue weighted by molar-refractivity contribution is 8.04. The third kappa shape index (κ3) is 3.55. The van der Waals surface area contributed by atoms with Gasteiger partial charge >= 0.3 is 0 Å². The fourth-order valence-corrected chi connectivity index (χ4v) is 3.88. The summed E-state index contributed by atoms with van der Waals surface area (Å²) in [6, 6.07) is 11.9. The van der Waals surface area contributed by atoms with E-state index in [1.54, 1.807) is 49.6 Å². The van der Waals surface area contributed by atoms with E-state index in [2.05, 4.69) is 0 Å². The first-order chi connectivity index (χ1) is 13.0. The van der Waals surface area contributed by atoms with Crippen LogP contribution in [0.3, 0.4) is 0 Å². The number of halogens is 1. The highest BCUT2D eigenvalue weighted by atomic mass is 35.5. The van der Waals surface area contributed by atoms with Gasteiger partial charge < -0.3 is 9.47 Å². The maximum absolute atomic E-state index is 13.2. The van der Waals surface area contributed by atoms with Crippen LogP contribution >= 0.6 is 23.4 Å². The van der Waals surface area contributed by atoms with Crippen molar-refractivity contribution in [2.45, 2.75) is 6.92 Å². The van der Waals surface area contributed by atoms with Crippen LogP contribution in [-0.2, 0) is 9.59 Å². The number of imide groups is 1. The number of hydrogen-bond acceptors (Lipinski definition) is 5. The lowest BCUT2D eigenvalue weighted by Gasteiger charge is -2.18. The zero-order chi connectivity index (χ0) is 19.6. The van der Waals surface area contributed by atoms with Gasteiger partial charge in [-0.1, -0.05) is 30.7 Å². The molecule has 1 heterocycles. The minimum atomic E-state index is -0.401. The molecule has 0 N–H and O–H groups in total. The van der Waals surface area contributed by atoms with E-state index in [1.807, 2.05) is 6.92 Å². The first-order valence-electron chi connectivity index (χ1n) is 8.25. The number of hydrogen-bond donors (Lipinski definition) is 0. The van der Waals surface area contributed by atoms with Crippen molar-refractivity contribution in [3.05, 3.63) is 58.0 Å². The Balaban J connectivity index is 2.11. The van der Waals surface area contributed by atoms with Crippen LogP contribution in [-0.4, -0.2) is 31.8 Å². The smallest absolute Gasteiger partial charge is 0.272 e. The van der Waals surface area contributed by atoms with Gasteiger partial charge in [0.15, 0.2) is 0 Å². The number of amides is 2. The molecule has 2 aromatic rings. The largest absolute Gasteiger partial charge is 0.497 e. The molecule has 0 unspecified atom stereocenters. The van der Waals surface area contributed by atoms with E-state index in [1.165, 1.54) is 18.9 Å². The second-order valence-corrected chi connectivity index (χ2v) is 7.34. The molecule has 1 aliphatic rings. The van der Waals surface area contributed by atoms with E-state index in [0.29, 0.717) is 44.0 Å². The van der Waals surface area contributed by atoms with Gasteiger partial charge in [0.2, 0.25) is 0 Å². The molecule has 1 aliphatic heterocycles. The van der Waals surface area contributed by atoms with E-state index >= 15 is 0 Å². The molecule has 0 aromatic heterocycles. The fourth-order valence-electron chi connectivity index (χ4n) is 2.86. The van der Waals surface area contributed by atoms with Gasteiger partial charge in [-0.3, -0.25) is 9.59 Å². The highest BCUT2D eigenvalue weighted by Gasteiger charge is 2.41. The zero-order valence-electron chi connectivity index (χ0n) is 15.1. The molecule has 0 saturated heterocycles. The number of anilines is 1. The summed E-state index contributed by atoms with van der Waals surface area (Å²) in [4.78, 5) is 27.9. The van der Waals surface area contributed by atoms with Crippen LogP contribution in [0.4, 0.5) is 5.69 Å². The Hall–Kier alpha value is -2.44. The number of carbonyl (C=O) groups excluding carboxylic acids is 2. The van der Waals surface area contributed by atoms with Gasteiger partial charge in [0.1, 0.15) is 11.5 Å². The molecule has 7 heteroatoms. The molecule has 3 rings (SSSR count). The van der Waals surface area contributed by atoms with Crippen LogP contribution in [0.15, 0.2) is 47.4 Å². The zero-order valence-corrected chi connectivity index (χ0v) is 16.7. The average Bonchev–Trinajstić information content (AvgIpc) is 2.92. The Morgan fingerprint density at radius 2 is 1.70 bits per heavy atom. The third-order valence-corrected chi connectivity index (χ3v) is 5.28. The Bertz CT molecular complexity index is 924. The number of methoxy groups -OCH3 is 2. The summed E-state index contributed by atoms with van der Waals surface area (Å²) in [5.41, 5.74) is 1.36. The number of rotatable bonds is 6. The van der Waals surface area contributed by atoms with Crippen molar-refractivity contribution in [1.82, 2.24) is 0 Å². The second-order valence-electron chi connectivity index (χ2n) is 5.63. The van der Waals surface area contributed by atoms with Crippen molar-refractivity contribution in [2.24, 2.45) is 0 Å². The Morgan fingerprint density at radius 1 is 1.00 bits per heavy atom. The summed E-state index contributed by atoms with van der Waals surface area (Å²) >= 11 is 7.44. The summed E-state index contributed by atoms with van der Waals surface area (Å²) in [7, 11) is 3.06. The van der Waals surface area contributed by atoms with Gasteiger partial charge in [-0.25, -0.2) is 4.90 Å². The molecule has 0 atom stereocenters. The summed E-state index contributed by atoms with van der Waals surface area (Å²) in [6.45, 7) is 1.93. The molecule has 0 bridgehead atoms. The van der Waals surface area contributed by atoms with E-state index in [-0.39, 0.29) is 5.91 Å². The molecule has 5 nitrogen and oxygen atoms in total. The molecule has 0 radical (unpaired) electrons. The second kappa shape index (κ2) is 8.06. The molecular weight excluding hydrogens is 386 g/mol. The fraction of sp³-hybridized carbons (Fsp3) is 0.200. The van der Waals surface area contributed by atoms with Gasteiger partial charge in [0.05, 0.1) is 30.4 Å². The monoisotopic (exact) mass is 403 g/mol. The van der Waals surface area contributed by atoms with E-state index in [9.17, 15) is 9.59 Å². The molecule has 0 fully saturated rings. The Morgan fingerprint density at radius 3 is 2.30 bits per heavy atom. The summed E-state index contributed by atoms with van der Waals surface area (Å²) < 4.78 is 10.5. The minimum Gasteiger partial charge on any atom is -0.497 e. The molecule has 2 amide bonds. The number of nitrogens with zero attached hydrogens (tertiary/aromatic N) is 1. The number of ether oxygens (including phenoxy) is 2. The Labute approximate surface area is 166 Å². The van der Waals surface area contributed by atoms with Crippen LogP contribution in [0.5, 0.6) is 11.5 Å². The van der Waals surface area contributed by atoms with E-state index < -0.39 is 5.91 Å². The molecular formula is C20H18ClNO4S. The van der Waals surface area contributed by atoms with Crippen molar-refractivity contribution in [2.75, 3.05) is 24.9 Å². The summed E-state index contributed by atoms with van der Waals surface area (Å²) in [5.74, 6) is 0.959. The molecule has 0 spiro atoms. The topological polar surface area (TPSA) is 55.8 Å². The minimum absolute atomic E-state index is 0.331. The van der Waals surface area contributed by atoms with Crippen molar-refractivity contribution < 1.29 is 19.1 Å². The van der Waals surface area contributed by atoms with E-state index in [0.717, 1.165) is 4.90 Å². The molecule has 27 heavy (non-hydrogen) atoms.